The van der Waals surface area contributed by atoms with E-state index >= 15 is 0 Å². The minimum absolute atomic E-state index is 0.0773. The minimum atomic E-state index is -0.858. The van der Waals surface area contributed by atoms with Crippen molar-refractivity contribution >= 4 is 40.8 Å². The smallest absolute Gasteiger partial charge is 0.335 e. The van der Waals surface area contributed by atoms with Crippen LogP contribution in [0.2, 0.25) is 0 Å². The maximum atomic E-state index is 11.0. The van der Waals surface area contributed by atoms with Crippen LogP contribution < -0.4 is 0 Å². The summed E-state index contributed by atoms with van der Waals surface area (Å²) in [6.07, 6.45) is 0. The van der Waals surface area contributed by atoms with Gasteiger partial charge in [0.2, 0.25) is 0 Å². The second kappa shape index (κ2) is 5.68. The van der Waals surface area contributed by atoms with E-state index in [0.29, 0.717) is 0 Å². The van der Waals surface area contributed by atoms with Crippen molar-refractivity contribution in [2.24, 2.45) is 0 Å². The van der Waals surface area contributed by atoms with E-state index in [1.807, 2.05) is 0 Å². The van der Waals surface area contributed by atoms with Crippen LogP contribution >= 0.6 is 34.8 Å². The third kappa shape index (κ3) is 3.65. The Balaban J connectivity index is 4.10. The molecule has 0 saturated heterocycles. The van der Waals surface area contributed by atoms with Crippen molar-refractivity contribution in [2.75, 3.05) is 6.61 Å². The molecule has 70 valence electrons. The highest BCUT2D eigenvalue weighted by molar-refractivity contribution is 6.49. The van der Waals surface area contributed by atoms with E-state index < -0.39 is 16.2 Å². The number of ether oxygens (including phenoxy) is 1. The van der Waals surface area contributed by atoms with Gasteiger partial charge in [0.1, 0.15) is 4.84 Å². The van der Waals surface area contributed by atoms with Gasteiger partial charge in [-0.15, -0.1) is 34.8 Å². The van der Waals surface area contributed by atoms with Gasteiger partial charge in [-0.05, 0) is 6.92 Å². The Kier molecular flexibility index (Phi) is 5.72. The molecule has 1 atom stereocenters. The summed E-state index contributed by atoms with van der Waals surface area (Å²) >= 11 is 16.5. The van der Waals surface area contributed by atoms with E-state index in [0.717, 1.165) is 0 Å². The molecule has 0 aliphatic rings. The van der Waals surface area contributed by atoms with E-state index in [2.05, 4.69) is 11.3 Å². The van der Waals surface area contributed by atoms with Crippen molar-refractivity contribution in [3.63, 3.8) is 0 Å². The molecule has 1 unspecified atom stereocenters. The highest BCUT2D eigenvalue weighted by atomic mass is 35.5. The van der Waals surface area contributed by atoms with Crippen LogP contribution in [0.25, 0.3) is 0 Å². The summed E-state index contributed by atoms with van der Waals surface area (Å²) in [4.78, 5) is 10.1. The maximum Gasteiger partial charge on any atom is 0.335 e. The van der Waals surface area contributed by atoms with E-state index in [-0.39, 0.29) is 12.2 Å². The minimum Gasteiger partial charge on any atom is -0.463 e. The summed E-state index contributed by atoms with van der Waals surface area (Å²) in [5.41, 5.74) is 0.0773. The first-order valence-corrected chi connectivity index (χ1v) is 4.59. The average Bonchev–Trinajstić information content (AvgIpc) is 2.02. The van der Waals surface area contributed by atoms with Gasteiger partial charge in [-0.1, -0.05) is 6.58 Å². The molecule has 0 radical (unpaired) electrons. The van der Waals surface area contributed by atoms with Gasteiger partial charge in [-0.25, -0.2) is 4.79 Å². The zero-order valence-corrected chi connectivity index (χ0v) is 8.79. The lowest BCUT2D eigenvalue weighted by atomic mass is 10.2. The Hall–Kier alpha value is 0.0800. The summed E-state index contributed by atoms with van der Waals surface area (Å²) in [7, 11) is 0. The average molecular weight is 232 g/mol. The van der Waals surface area contributed by atoms with Gasteiger partial charge in [-0.3, -0.25) is 0 Å². The topological polar surface area (TPSA) is 26.3 Å². The largest absolute Gasteiger partial charge is 0.463 e. The Bertz CT molecular complexity index is 179. The third-order valence-electron chi connectivity index (χ3n) is 1.09. The standard InChI is InChI=1S/C7H9Cl3O2/c1-3-12-7(11)4(2)5(8)6(9)10/h5-6H,2-3H2,1H3. The number of hydrogen-bond donors (Lipinski definition) is 0. The number of hydrogen-bond acceptors (Lipinski definition) is 2. The molecular weight excluding hydrogens is 222 g/mol. The van der Waals surface area contributed by atoms with Crippen LogP contribution in [-0.4, -0.2) is 22.8 Å². The van der Waals surface area contributed by atoms with Crippen LogP contribution in [0, 0.1) is 0 Å². The van der Waals surface area contributed by atoms with Crippen LogP contribution in [0.4, 0.5) is 0 Å². The predicted octanol–water partition coefficient (Wildman–Crippen LogP) is 2.52. The maximum absolute atomic E-state index is 11.0. The summed E-state index contributed by atoms with van der Waals surface area (Å²) in [5.74, 6) is -0.566. The first-order valence-electron chi connectivity index (χ1n) is 3.28. The Labute approximate surface area is 86.4 Å². The number of carbonyl (C=O) groups is 1. The highest BCUT2D eigenvalue weighted by Crippen LogP contribution is 2.21. The molecule has 0 heterocycles. The molecule has 2 nitrogen and oxygen atoms in total. The molecule has 0 amide bonds. The Morgan fingerprint density at radius 1 is 1.50 bits per heavy atom. The van der Waals surface area contributed by atoms with E-state index in [1.54, 1.807) is 6.92 Å². The first-order chi connectivity index (χ1) is 5.50. The van der Waals surface area contributed by atoms with Crippen LogP contribution in [0.3, 0.4) is 0 Å². The monoisotopic (exact) mass is 230 g/mol. The Morgan fingerprint density at radius 3 is 2.33 bits per heavy atom. The van der Waals surface area contributed by atoms with Crippen molar-refractivity contribution < 1.29 is 9.53 Å². The predicted molar refractivity (Wildman–Crippen MR) is 50.9 cm³/mol. The number of esters is 1. The van der Waals surface area contributed by atoms with Crippen molar-refractivity contribution in [3.8, 4) is 0 Å². The summed E-state index contributed by atoms with van der Waals surface area (Å²) in [6.45, 7) is 5.38. The fourth-order valence-electron chi connectivity index (χ4n) is 0.488. The third-order valence-corrected chi connectivity index (χ3v) is 2.37. The molecule has 0 saturated carbocycles. The summed E-state index contributed by atoms with van der Waals surface area (Å²) in [5, 5.41) is -0.799. The highest BCUT2D eigenvalue weighted by Gasteiger charge is 2.23. The number of rotatable bonds is 4. The second-order valence-corrected chi connectivity index (χ2v) is 3.62. The van der Waals surface area contributed by atoms with Gasteiger partial charge in [0, 0.05) is 0 Å². The van der Waals surface area contributed by atoms with Crippen LogP contribution in [0.1, 0.15) is 6.92 Å². The molecular formula is C7H9Cl3O2. The molecule has 0 aliphatic carbocycles. The lowest BCUT2D eigenvalue weighted by Crippen LogP contribution is -2.20. The quantitative estimate of drug-likeness (QED) is 0.422. The zero-order chi connectivity index (χ0) is 9.72. The van der Waals surface area contributed by atoms with Gasteiger partial charge >= 0.3 is 5.97 Å². The van der Waals surface area contributed by atoms with Crippen LogP contribution in [-0.2, 0) is 9.53 Å². The SMILES string of the molecule is C=C(C(=O)OCC)C(Cl)C(Cl)Cl. The molecule has 12 heavy (non-hydrogen) atoms. The van der Waals surface area contributed by atoms with Gasteiger partial charge in [0.25, 0.3) is 0 Å². The van der Waals surface area contributed by atoms with Crippen molar-refractivity contribution in [1.82, 2.24) is 0 Å². The normalized spacial score (nSPS) is 12.8. The number of alkyl halides is 3. The van der Waals surface area contributed by atoms with Crippen molar-refractivity contribution in [2.45, 2.75) is 17.1 Å². The zero-order valence-electron chi connectivity index (χ0n) is 6.52. The van der Waals surface area contributed by atoms with Crippen molar-refractivity contribution in [3.05, 3.63) is 12.2 Å². The molecule has 0 N–H and O–H groups in total. The lowest BCUT2D eigenvalue weighted by Gasteiger charge is -2.11. The molecule has 0 aliphatic heterocycles. The molecule has 5 heteroatoms. The van der Waals surface area contributed by atoms with Gasteiger partial charge in [-0.2, -0.15) is 0 Å². The number of carbonyl (C=O) groups excluding carboxylic acids is 1. The molecule has 0 rings (SSSR count). The van der Waals surface area contributed by atoms with Gasteiger partial charge in [0.05, 0.1) is 17.6 Å². The fourth-order valence-corrected chi connectivity index (χ4v) is 0.882. The molecule has 0 aromatic carbocycles. The second-order valence-electron chi connectivity index (χ2n) is 1.98. The van der Waals surface area contributed by atoms with Gasteiger partial charge in [0.15, 0.2) is 0 Å². The molecule has 0 aromatic rings. The summed E-state index contributed by atoms with van der Waals surface area (Å²) < 4.78 is 4.63. The Morgan fingerprint density at radius 2 is 2.00 bits per heavy atom. The van der Waals surface area contributed by atoms with E-state index in [9.17, 15) is 4.79 Å². The summed E-state index contributed by atoms with van der Waals surface area (Å²) in [6, 6.07) is 0. The van der Waals surface area contributed by atoms with Crippen LogP contribution in [0.5, 0.6) is 0 Å². The van der Waals surface area contributed by atoms with E-state index in [1.165, 1.54) is 0 Å². The van der Waals surface area contributed by atoms with E-state index in [4.69, 9.17) is 34.8 Å². The molecule has 0 spiro atoms. The van der Waals surface area contributed by atoms with Crippen molar-refractivity contribution in [1.29, 1.82) is 0 Å². The lowest BCUT2D eigenvalue weighted by molar-refractivity contribution is -0.138. The molecule has 0 fully saturated rings. The molecule has 0 aromatic heterocycles. The number of halogens is 3. The first kappa shape index (κ1) is 12.1. The van der Waals surface area contributed by atoms with Gasteiger partial charge < -0.3 is 4.74 Å². The molecule has 0 bridgehead atoms. The van der Waals surface area contributed by atoms with Crippen LogP contribution in [0.15, 0.2) is 12.2 Å². The fraction of sp³-hybridized carbons (Fsp3) is 0.571.